The van der Waals surface area contributed by atoms with Crippen LogP contribution >= 0.6 is 0 Å². The van der Waals surface area contributed by atoms with E-state index in [1.165, 1.54) is 14.2 Å². The van der Waals surface area contributed by atoms with Crippen molar-refractivity contribution in [2.24, 2.45) is 5.92 Å². The molecule has 118 valence electrons. The molecule has 1 aliphatic rings. The predicted octanol–water partition coefficient (Wildman–Crippen LogP) is 3.15. The van der Waals surface area contributed by atoms with Crippen molar-refractivity contribution in [3.8, 4) is 11.1 Å². The monoisotopic (exact) mass is 310 g/mol. The second-order valence-electron chi connectivity index (χ2n) is 5.56. The van der Waals surface area contributed by atoms with Crippen LogP contribution in [0, 0.1) is 5.92 Å². The quantitative estimate of drug-likeness (QED) is 0.814. The van der Waals surface area contributed by atoms with Crippen molar-refractivity contribution < 1.29 is 19.1 Å². The van der Waals surface area contributed by atoms with E-state index in [9.17, 15) is 9.59 Å². The summed E-state index contributed by atoms with van der Waals surface area (Å²) in [6.07, 6.45) is -0.00346. The maximum atomic E-state index is 12.3. The fourth-order valence-corrected chi connectivity index (χ4v) is 3.38. The SMILES string of the molecule is COC(=O)CC(C(=O)OC)C1c2ccccc2-c2ccccc21. The number of ether oxygens (including phenoxy) is 2. The number of fused-ring (bicyclic) bond motifs is 3. The summed E-state index contributed by atoms with van der Waals surface area (Å²) < 4.78 is 9.72. The minimum absolute atomic E-state index is 0.00346. The number of carbonyl (C=O) groups excluding carboxylic acids is 2. The summed E-state index contributed by atoms with van der Waals surface area (Å²) in [7, 11) is 2.67. The molecule has 0 amide bonds. The molecule has 2 aromatic carbocycles. The van der Waals surface area contributed by atoms with E-state index in [4.69, 9.17) is 9.47 Å². The van der Waals surface area contributed by atoms with E-state index in [1.807, 2.05) is 48.5 Å². The van der Waals surface area contributed by atoms with Crippen molar-refractivity contribution >= 4 is 11.9 Å². The van der Waals surface area contributed by atoms with E-state index in [2.05, 4.69) is 0 Å². The Labute approximate surface area is 135 Å². The Bertz CT molecular complexity index is 705. The van der Waals surface area contributed by atoms with Gasteiger partial charge in [-0.2, -0.15) is 0 Å². The minimum atomic E-state index is -0.600. The zero-order valence-electron chi connectivity index (χ0n) is 13.1. The third kappa shape index (κ3) is 2.61. The molecule has 4 nitrogen and oxygen atoms in total. The zero-order valence-corrected chi connectivity index (χ0v) is 13.1. The lowest BCUT2D eigenvalue weighted by molar-refractivity contribution is -0.152. The Morgan fingerprint density at radius 1 is 0.913 bits per heavy atom. The highest BCUT2D eigenvalue weighted by Gasteiger charge is 2.39. The zero-order chi connectivity index (χ0) is 16.4. The number of carbonyl (C=O) groups is 2. The normalized spacial score (nSPS) is 13.8. The first-order valence-electron chi connectivity index (χ1n) is 7.50. The van der Waals surface area contributed by atoms with Gasteiger partial charge in [-0.3, -0.25) is 9.59 Å². The lowest BCUT2D eigenvalue weighted by Crippen LogP contribution is -2.26. The number of hydrogen-bond donors (Lipinski definition) is 0. The fraction of sp³-hybridized carbons (Fsp3) is 0.263. The van der Waals surface area contributed by atoms with Crippen LogP contribution in [-0.4, -0.2) is 26.2 Å². The van der Waals surface area contributed by atoms with Gasteiger partial charge >= 0.3 is 11.9 Å². The van der Waals surface area contributed by atoms with Crippen LogP contribution in [0.4, 0.5) is 0 Å². The molecule has 1 aliphatic carbocycles. The summed E-state index contributed by atoms with van der Waals surface area (Å²) in [5.74, 6) is -1.61. The molecule has 1 unspecified atom stereocenters. The van der Waals surface area contributed by atoms with Gasteiger partial charge in [0.25, 0.3) is 0 Å². The molecule has 0 radical (unpaired) electrons. The van der Waals surface area contributed by atoms with Crippen LogP contribution in [0.5, 0.6) is 0 Å². The van der Waals surface area contributed by atoms with Gasteiger partial charge in [0.05, 0.1) is 26.6 Å². The van der Waals surface area contributed by atoms with Gasteiger partial charge in [0.2, 0.25) is 0 Å². The molecule has 2 aromatic rings. The van der Waals surface area contributed by atoms with Gasteiger partial charge in [-0.05, 0) is 22.3 Å². The lowest BCUT2D eigenvalue weighted by atomic mass is 9.82. The van der Waals surface area contributed by atoms with E-state index < -0.39 is 17.9 Å². The second kappa shape index (κ2) is 6.24. The molecule has 0 fully saturated rings. The molecular formula is C19H18O4. The van der Waals surface area contributed by atoms with E-state index in [0.29, 0.717) is 0 Å². The fourth-order valence-electron chi connectivity index (χ4n) is 3.38. The van der Waals surface area contributed by atoms with E-state index in [0.717, 1.165) is 22.3 Å². The summed E-state index contributed by atoms with van der Waals surface area (Å²) in [5, 5.41) is 0. The summed E-state index contributed by atoms with van der Waals surface area (Å²) in [5.41, 5.74) is 4.31. The van der Waals surface area contributed by atoms with Crippen molar-refractivity contribution in [3.63, 3.8) is 0 Å². The molecule has 4 heteroatoms. The van der Waals surface area contributed by atoms with Crippen LogP contribution in [0.1, 0.15) is 23.5 Å². The van der Waals surface area contributed by atoms with Gasteiger partial charge in [0, 0.05) is 5.92 Å². The van der Waals surface area contributed by atoms with Crippen LogP contribution in [0.15, 0.2) is 48.5 Å². The van der Waals surface area contributed by atoms with Crippen molar-refractivity contribution in [1.29, 1.82) is 0 Å². The molecule has 0 aromatic heterocycles. The molecule has 1 atom stereocenters. The van der Waals surface area contributed by atoms with Gasteiger partial charge < -0.3 is 9.47 Å². The van der Waals surface area contributed by atoms with Crippen molar-refractivity contribution in [2.75, 3.05) is 14.2 Å². The average molecular weight is 310 g/mol. The summed E-state index contributed by atoms with van der Waals surface area (Å²) in [4.78, 5) is 24.1. The van der Waals surface area contributed by atoms with Crippen molar-refractivity contribution in [1.82, 2.24) is 0 Å². The van der Waals surface area contributed by atoms with Gasteiger partial charge in [0.1, 0.15) is 0 Å². The standard InChI is InChI=1S/C19H18O4/c1-22-17(20)11-16(19(21)23-2)18-14-9-5-3-7-12(14)13-8-4-6-10-15(13)18/h3-10,16,18H,11H2,1-2H3. The molecule has 0 heterocycles. The lowest BCUT2D eigenvalue weighted by Gasteiger charge is -2.22. The second-order valence-corrected chi connectivity index (χ2v) is 5.56. The maximum absolute atomic E-state index is 12.3. The van der Waals surface area contributed by atoms with Crippen LogP contribution in [0.3, 0.4) is 0 Å². The number of rotatable bonds is 4. The van der Waals surface area contributed by atoms with E-state index >= 15 is 0 Å². The Hall–Kier alpha value is -2.62. The Balaban J connectivity index is 2.12. The molecule has 0 saturated carbocycles. The summed E-state index contributed by atoms with van der Waals surface area (Å²) >= 11 is 0. The van der Waals surface area contributed by atoms with Gasteiger partial charge in [-0.1, -0.05) is 48.5 Å². The number of esters is 2. The highest BCUT2D eigenvalue weighted by atomic mass is 16.5. The first kappa shape index (κ1) is 15.3. The minimum Gasteiger partial charge on any atom is -0.469 e. The average Bonchev–Trinajstić information content (AvgIpc) is 2.93. The molecule has 0 spiro atoms. The number of hydrogen-bond acceptors (Lipinski definition) is 4. The van der Waals surface area contributed by atoms with Gasteiger partial charge in [-0.25, -0.2) is 0 Å². The molecular weight excluding hydrogens is 292 g/mol. The highest BCUT2D eigenvalue weighted by Crippen LogP contribution is 2.49. The third-order valence-electron chi connectivity index (χ3n) is 4.40. The maximum Gasteiger partial charge on any atom is 0.310 e. The molecule has 3 rings (SSSR count). The van der Waals surface area contributed by atoms with Gasteiger partial charge in [0.15, 0.2) is 0 Å². The van der Waals surface area contributed by atoms with Crippen LogP contribution in [0.2, 0.25) is 0 Å². The molecule has 0 aliphatic heterocycles. The Morgan fingerprint density at radius 3 is 1.91 bits per heavy atom. The van der Waals surface area contributed by atoms with Crippen molar-refractivity contribution in [3.05, 3.63) is 59.7 Å². The molecule has 0 N–H and O–H groups in total. The molecule has 23 heavy (non-hydrogen) atoms. The Kier molecular flexibility index (Phi) is 4.15. The largest absolute Gasteiger partial charge is 0.469 e. The smallest absolute Gasteiger partial charge is 0.310 e. The highest BCUT2D eigenvalue weighted by molar-refractivity contribution is 5.86. The number of methoxy groups -OCH3 is 2. The van der Waals surface area contributed by atoms with Crippen LogP contribution < -0.4 is 0 Å². The van der Waals surface area contributed by atoms with Crippen molar-refractivity contribution in [2.45, 2.75) is 12.3 Å². The molecule has 0 saturated heterocycles. The van der Waals surface area contributed by atoms with E-state index in [1.54, 1.807) is 0 Å². The van der Waals surface area contributed by atoms with Crippen LogP contribution in [0.25, 0.3) is 11.1 Å². The first-order valence-corrected chi connectivity index (χ1v) is 7.50. The first-order chi connectivity index (χ1) is 11.2. The van der Waals surface area contributed by atoms with Gasteiger partial charge in [-0.15, -0.1) is 0 Å². The number of benzene rings is 2. The third-order valence-corrected chi connectivity index (χ3v) is 4.40. The predicted molar refractivity (Wildman–Crippen MR) is 85.9 cm³/mol. The topological polar surface area (TPSA) is 52.6 Å². The summed E-state index contributed by atoms with van der Waals surface area (Å²) in [6.45, 7) is 0. The van der Waals surface area contributed by atoms with E-state index in [-0.39, 0.29) is 12.3 Å². The van der Waals surface area contributed by atoms with Crippen LogP contribution in [-0.2, 0) is 19.1 Å². The summed E-state index contributed by atoms with van der Waals surface area (Å²) in [6, 6.07) is 16.0. The Morgan fingerprint density at radius 2 is 1.43 bits per heavy atom. The molecule has 0 bridgehead atoms.